The number of allylic oxidation sites excluding steroid dienone is 1. The Morgan fingerprint density at radius 2 is 2.03 bits per heavy atom. The van der Waals surface area contributed by atoms with Crippen molar-refractivity contribution >= 4 is 11.9 Å². The van der Waals surface area contributed by atoms with Crippen LogP contribution in [0.2, 0.25) is 0 Å². The molecule has 7 heteroatoms. The molecule has 0 radical (unpaired) electrons. The molecule has 144 valence electrons. The van der Waals surface area contributed by atoms with Crippen molar-refractivity contribution in [1.29, 1.82) is 5.26 Å². The number of fused-ring (bicyclic) bond motifs is 1. The first kappa shape index (κ1) is 18.2. The standard InChI is InChI=1S/C22H17N3O4/c1-27-15-6-4-14(5-7-15)25-12-13-9-16-20(10-18(13)26)29-22(24)17(11-23)21(16)19-3-2-8-28-19/h2-10,12,21,26H,24H2,1H3. The van der Waals surface area contributed by atoms with Crippen molar-refractivity contribution in [1.82, 2.24) is 0 Å². The number of methoxy groups -OCH3 is 1. The second-order valence-corrected chi connectivity index (χ2v) is 6.35. The highest BCUT2D eigenvalue weighted by atomic mass is 16.5. The lowest BCUT2D eigenvalue weighted by Crippen LogP contribution is -2.21. The summed E-state index contributed by atoms with van der Waals surface area (Å²) in [6.45, 7) is 0. The third-order valence-corrected chi connectivity index (χ3v) is 4.62. The summed E-state index contributed by atoms with van der Waals surface area (Å²) in [7, 11) is 1.59. The van der Waals surface area contributed by atoms with Crippen LogP contribution in [0.4, 0.5) is 5.69 Å². The summed E-state index contributed by atoms with van der Waals surface area (Å²) in [5.41, 5.74) is 7.99. The molecule has 2 aromatic carbocycles. The van der Waals surface area contributed by atoms with E-state index >= 15 is 0 Å². The zero-order valence-electron chi connectivity index (χ0n) is 15.5. The number of aliphatic imine (C=N–C) groups is 1. The minimum absolute atomic E-state index is 0.0135. The van der Waals surface area contributed by atoms with Crippen molar-refractivity contribution in [2.24, 2.45) is 10.7 Å². The van der Waals surface area contributed by atoms with Gasteiger partial charge in [0.05, 0.1) is 25.0 Å². The summed E-state index contributed by atoms with van der Waals surface area (Å²) < 4.78 is 16.2. The largest absolute Gasteiger partial charge is 0.507 e. The minimum Gasteiger partial charge on any atom is -0.507 e. The molecular weight excluding hydrogens is 370 g/mol. The first-order valence-corrected chi connectivity index (χ1v) is 8.76. The maximum absolute atomic E-state index is 10.4. The van der Waals surface area contributed by atoms with E-state index < -0.39 is 5.92 Å². The maximum atomic E-state index is 10.4. The van der Waals surface area contributed by atoms with E-state index in [1.165, 1.54) is 12.3 Å². The fourth-order valence-corrected chi connectivity index (χ4v) is 3.18. The monoisotopic (exact) mass is 387 g/mol. The van der Waals surface area contributed by atoms with Crippen LogP contribution in [0.25, 0.3) is 0 Å². The predicted octanol–water partition coefficient (Wildman–Crippen LogP) is 3.96. The number of rotatable bonds is 4. The number of benzene rings is 2. The number of nitriles is 1. The van der Waals surface area contributed by atoms with Crippen LogP contribution in [-0.4, -0.2) is 18.4 Å². The van der Waals surface area contributed by atoms with Gasteiger partial charge in [-0.3, -0.25) is 4.99 Å². The number of aromatic hydroxyl groups is 1. The number of ether oxygens (including phenoxy) is 2. The van der Waals surface area contributed by atoms with Gasteiger partial charge in [-0.15, -0.1) is 0 Å². The molecule has 1 atom stereocenters. The van der Waals surface area contributed by atoms with Crippen molar-refractivity contribution in [3.63, 3.8) is 0 Å². The summed E-state index contributed by atoms with van der Waals surface area (Å²) in [4.78, 5) is 4.40. The number of hydrogen-bond donors (Lipinski definition) is 2. The summed E-state index contributed by atoms with van der Waals surface area (Å²) in [6.07, 6.45) is 3.08. The molecular formula is C22H17N3O4. The van der Waals surface area contributed by atoms with Crippen LogP contribution in [0.3, 0.4) is 0 Å². The van der Waals surface area contributed by atoms with Gasteiger partial charge in [0, 0.05) is 23.4 Å². The molecule has 4 rings (SSSR count). The molecule has 3 N–H and O–H groups in total. The lowest BCUT2D eigenvalue weighted by atomic mass is 9.86. The second-order valence-electron chi connectivity index (χ2n) is 6.35. The van der Waals surface area contributed by atoms with Crippen molar-refractivity contribution in [2.45, 2.75) is 5.92 Å². The molecule has 0 fully saturated rings. The number of phenolic OH excluding ortho intramolecular Hbond substituents is 1. The lowest BCUT2D eigenvalue weighted by Gasteiger charge is -2.25. The maximum Gasteiger partial charge on any atom is 0.205 e. The summed E-state index contributed by atoms with van der Waals surface area (Å²) >= 11 is 0. The quantitative estimate of drug-likeness (QED) is 0.655. The van der Waals surface area contributed by atoms with Gasteiger partial charge in [-0.1, -0.05) is 0 Å². The van der Waals surface area contributed by atoms with Gasteiger partial charge in [0.1, 0.15) is 34.7 Å². The van der Waals surface area contributed by atoms with E-state index in [1.54, 1.807) is 55.8 Å². The smallest absolute Gasteiger partial charge is 0.205 e. The van der Waals surface area contributed by atoms with Gasteiger partial charge < -0.3 is 24.7 Å². The zero-order chi connectivity index (χ0) is 20.4. The molecule has 1 aliphatic rings. The van der Waals surface area contributed by atoms with E-state index in [-0.39, 0.29) is 17.2 Å². The van der Waals surface area contributed by atoms with Crippen molar-refractivity contribution < 1.29 is 19.0 Å². The SMILES string of the molecule is COc1ccc(N=Cc2cc3c(cc2O)OC(N)=C(C#N)C3c2ccco2)cc1. The Morgan fingerprint density at radius 1 is 1.24 bits per heavy atom. The van der Waals surface area contributed by atoms with Crippen LogP contribution in [0.5, 0.6) is 17.2 Å². The zero-order valence-corrected chi connectivity index (χ0v) is 15.5. The normalized spacial score (nSPS) is 15.7. The highest BCUT2D eigenvalue weighted by molar-refractivity contribution is 5.86. The molecule has 3 aromatic rings. The molecule has 2 heterocycles. The number of furan rings is 1. The Bertz CT molecular complexity index is 1140. The number of hydrogen-bond acceptors (Lipinski definition) is 7. The lowest BCUT2D eigenvalue weighted by molar-refractivity contribution is 0.379. The highest BCUT2D eigenvalue weighted by Crippen LogP contribution is 2.44. The fourth-order valence-electron chi connectivity index (χ4n) is 3.18. The minimum atomic E-state index is -0.535. The highest BCUT2D eigenvalue weighted by Gasteiger charge is 2.33. The number of nitrogens with zero attached hydrogens (tertiary/aromatic N) is 2. The van der Waals surface area contributed by atoms with Gasteiger partial charge in [0.2, 0.25) is 5.88 Å². The van der Waals surface area contributed by atoms with E-state index in [0.717, 1.165) is 5.75 Å². The van der Waals surface area contributed by atoms with Gasteiger partial charge in [0.15, 0.2) is 0 Å². The van der Waals surface area contributed by atoms with E-state index in [0.29, 0.717) is 28.3 Å². The molecule has 1 aromatic heterocycles. The van der Waals surface area contributed by atoms with Crippen LogP contribution in [-0.2, 0) is 0 Å². The van der Waals surface area contributed by atoms with E-state index in [2.05, 4.69) is 11.1 Å². The Balaban J connectivity index is 1.76. The van der Waals surface area contributed by atoms with Gasteiger partial charge >= 0.3 is 0 Å². The Kier molecular flexibility index (Phi) is 4.67. The number of phenols is 1. The molecule has 29 heavy (non-hydrogen) atoms. The van der Waals surface area contributed by atoms with Gasteiger partial charge in [-0.05, 0) is 42.5 Å². The topological polar surface area (TPSA) is 114 Å². The van der Waals surface area contributed by atoms with Gasteiger partial charge in [0.25, 0.3) is 0 Å². The molecule has 0 amide bonds. The Hall–Kier alpha value is -4.18. The summed E-state index contributed by atoms with van der Waals surface area (Å²) in [5, 5.41) is 20.0. The average molecular weight is 387 g/mol. The van der Waals surface area contributed by atoms with Crippen molar-refractivity contribution in [3.8, 4) is 23.3 Å². The van der Waals surface area contributed by atoms with Gasteiger partial charge in [-0.2, -0.15) is 5.26 Å². The summed E-state index contributed by atoms with van der Waals surface area (Å²) in [5.74, 6) is 1.08. The molecule has 0 spiro atoms. The third kappa shape index (κ3) is 3.39. The molecule has 7 nitrogen and oxygen atoms in total. The average Bonchev–Trinajstić information content (AvgIpc) is 3.26. The first-order valence-electron chi connectivity index (χ1n) is 8.76. The third-order valence-electron chi connectivity index (χ3n) is 4.62. The van der Waals surface area contributed by atoms with E-state index in [4.69, 9.17) is 19.6 Å². The van der Waals surface area contributed by atoms with E-state index in [1.807, 2.05) is 0 Å². The molecule has 1 unspecified atom stereocenters. The molecule has 0 saturated carbocycles. The fraction of sp³-hybridized carbons (Fsp3) is 0.0909. The van der Waals surface area contributed by atoms with Crippen LogP contribution in [0.1, 0.15) is 22.8 Å². The van der Waals surface area contributed by atoms with Crippen LogP contribution < -0.4 is 15.2 Å². The van der Waals surface area contributed by atoms with Crippen LogP contribution in [0.15, 0.2) is 75.7 Å². The molecule has 1 aliphatic heterocycles. The van der Waals surface area contributed by atoms with Gasteiger partial charge in [-0.25, -0.2) is 0 Å². The van der Waals surface area contributed by atoms with Crippen LogP contribution >= 0.6 is 0 Å². The molecule has 0 aliphatic carbocycles. The number of nitrogens with two attached hydrogens (primary N) is 1. The molecule has 0 bridgehead atoms. The first-order chi connectivity index (χ1) is 14.1. The van der Waals surface area contributed by atoms with E-state index in [9.17, 15) is 10.4 Å². The summed E-state index contributed by atoms with van der Waals surface area (Å²) in [6, 6.07) is 16.0. The van der Waals surface area contributed by atoms with Crippen LogP contribution in [0, 0.1) is 11.3 Å². The predicted molar refractivity (Wildman–Crippen MR) is 106 cm³/mol. The van der Waals surface area contributed by atoms with Crippen molar-refractivity contribution in [3.05, 3.63) is 83.1 Å². The Morgan fingerprint density at radius 3 is 2.69 bits per heavy atom. The van der Waals surface area contributed by atoms with Crippen molar-refractivity contribution in [2.75, 3.05) is 7.11 Å². The Labute approximate surface area is 166 Å². The molecule has 0 saturated heterocycles. The second kappa shape index (κ2) is 7.44.